The van der Waals surface area contributed by atoms with Gasteiger partial charge in [0.2, 0.25) is 0 Å². The predicted molar refractivity (Wildman–Crippen MR) is 22.2 cm³/mol. The third kappa shape index (κ3) is 1.08. The van der Waals surface area contributed by atoms with Crippen molar-refractivity contribution >= 4 is 18.9 Å². The molecular formula is H2NO4PS. The molecule has 0 saturated carbocycles. The van der Waals surface area contributed by atoms with E-state index in [1.165, 1.54) is 0 Å². The normalized spacial score (nSPS) is 29.3. The highest BCUT2D eigenvalue weighted by Gasteiger charge is 2.34. The largest absolute Gasteiger partial charge is 0.412 e. The van der Waals surface area contributed by atoms with Crippen molar-refractivity contribution < 1.29 is 16.4 Å². The van der Waals surface area contributed by atoms with Gasteiger partial charge in [-0.05, 0) is 0 Å². The fourth-order valence-electron chi connectivity index (χ4n) is 0.186. The van der Waals surface area contributed by atoms with Crippen LogP contribution in [0, 0.1) is 0 Å². The van der Waals surface area contributed by atoms with Crippen molar-refractivity contribution in [3.8, 4) is 0 Å². The average molecular weight is 143 g/mol. The first-order valence-electron chi connectivity index (χ1n) is 1.29. The van der Waals surface area contributed by atoms with Crippen LogP contribution in [0.3, 0.4) is 0 Å². The minimum absolute atomic E-state index is 1.59. The van der Waals surface area contributed by atoms with Crippen LogP contribution in [0.4, 0.5) is 0 Å². The maximum absolute atomic E-state index is 9.79. The van der Waals surface area contributed by atoms with Gasteiger partial charge in [-0.1, -0.05) is 0 Å². The highest BCUT2D eigenvalue weighted by atomic mass is 32.3. The second kappa shape index (κ2) is 1.37. The Hall–Kier alpha value is 0.260. The van der Waals surface area contributed by atoms with Crippen molar-refractivity contribution in [2.45, 2.75) is 0 Å². The van der Waals surface area contributed by atoms with E-state index < -0.39 is 18.9 Å². The molecule has 1 saturated heterocycles. The van der Waals surface area contributed by atoms with Gasteiger partial charge in [0.15, 0.2) is 0 Å². The third-order valence-corrected chi connectivity index (χ3v) is 2.97. The van der Waals surface area contributed by atoms with Crippen LogP contribution in [0.25, 0.3) is 0 Å². The van der Waals surface area contributed by atoms with Crippen LogP contribution in [0.2, 0.25) is 0 Å². The zero-order valence-electron chi connectivity index (χ0n) is 3.07. The van der Waals surface area contributed by atoms with Crippen LogP contribution in [0.5, 0.6) is 0 Å². The van der Waals surface area contributed by atoms with Gasteiger partial charge >= 0.3 is 10.4 Å². The van der Waals surface area contributed by atoms with Gasteiger partial charge < -0.3 is 0 Å². The molecule has 1 aliphatic rings. The Morgan fingerprint density at radius 3 is 1.86 bits per heavy atom. The van der Waals surface area contributed by atoms with Crippen molar-refractivity contribution in [1.82, 2.24) is 0 Å². The third-order valence-electron chi connectivity index (χ3n) is 0.329. The molecule has 0 radical (unpaired) electrons. The molecule has 0 amide bonds. The van der Waals surface area contributed by atoms with Crippen molar-refractivity contribution in [1.29, 1.82) is 0 Å². The molecule has 7 heteroatoms. The van der Waals surface area contributed by atoms with Gasteiger partial charge in [-0.25, -0.2) is 0 Å². The molecule has 0 atom stereocenters. The molecular weight excluding hydrogens is 141 g/mol. The first-order valence-corrected chi connectivity index (χ1v) is 3.87. The molecule has 1 rings (SSSR count). The number of hydrogen-bond donors (Lipinski definition) is 1. The zero-order valence-corrected chi connectivity index (χ0v) is 4.78. The molecule has 5 nitrogen and oxygen atoms in total. The van der Waals surface area contributed by atoms with E-state index >= 15 is 0 Å². The summed E-state index contributed by atoms with van der Waals surface area (Å²) in [6, 6.07) is 0. The summed E-state index contributed by atoms with van der Waals surface area (Å²) < 4.78 is 27.4. The molecule has 7 heavy (non-hydrogen) atoms. The molecule has 2 N–H and O–H groups in total. The maximum atomic E-state index is 9.79. The molecule has 0 spiro atoms. The predicted octanol–water partition coefficient (Wildman–Crippen LogP) is -0.536. The summed E-state index contributed by atoms with van der Waals surface area (Å²) >= 11 is 0. The first-order chi connectivity index (χ1) is 3.10. The maximum Gasteiger partial charge on any atom is 0.412 e. The molecule has 1 heterocycles. The van der Waals surface area contributed by atoms with E-state index in [-0.39, 0.29) is 0 Å². The molecule has 1 aliphatic heterocycles. The Labute approximate surface area is 41.7 Å². The van der Waals surface area contributed by atoms with E-state index in [4.69, 9.17) is 5.50 Å². The van der Waals surface area contributed by atoms with E-state index in [1.54, 1.807) is 0 Å². The monoisotopic (exact) mass is 143 g/mol. The molecule has 0 aromatic rings. The summed E-state index contributed by atoms with van der Waals surface area (Å²) in [6.07, 6.45) is 0. The smallest absolute Gasteiger partial charge is 0.262 e. The molecule has 42 valence electrons. The van der Waals surface area contributed by atoms with Gasteiger partial charge in [0.05, 0.1) is 0 Å². The van der Waals surface area contributed by atoms with Crippen molar-refractivity contribution in [2.75, 3.05) is 0 Å². The summed E-state index contributed by atoms with van der Waals surface area (Å²) in [5, 5.41) is 0. The van der Waals surface area contributed by atoms with Crippen LogP contribution in [-0.4, -0.2) is 8.42 Å². The lowest BCUT2D eigenvalue weighted by atomic mass is 13.9. The fraction of sp³-hybridized carbons (Fsp3) is 0. The van der Waals surface area contributed by atoms with E-state index in [0.29, 0.717) is 0 Å². The molecule has 1 fully saturated rings. The Morgan fingerprint density at radius 2 is 1.86 bits per heavy atom. The Bertz CT molecular complexity index is 147. The molecule has 0 bridgehead atoms. The standard InChI is InChI=1S/H2NO4PS/c1-6-4-7(2,3)5-6/h1H2. The lowest BCUT2D eigenvalue weighted by Crippen LogP contribution is -2.19. The van der Waals surface area contributed by atoms with E-state index in [9.17, 15) is 8.42 Å². The SMILES string of the molecule is NP1OS(=O)(=O)O1. The highest BCUT2D eigenvalue weighted by Crippen LogP contribution is 2.44. The summed E-state index contributed by atoms with van der Waals surface area (Å²) in [5.41, 5.74) is 4.80. The average Bonchev–Trinajstić information content (AvgIpc) is 1.27. The quantitative estimate of drug-likeness (QED) is 0.461. The highest BCUT2D eigenvalue weighted by molar-refractivity contribution is 7.95. The van der Waals surface area contributed by atoms with Crippen LogP contribution in [0.1, 0.15) is 0 Å². The first kappa shape index (κ1) is 5.40. The van der Waals surface area contributed by atoms with Crippen LogP contribution < -0.4 is 5.50 Å². The van der Waals surface area contributed by atoms with Gasteiger partial charge in [0.25, 0.3) is 8.53 Å². The minimum Gasteiger partial charge on any atom is -0.262 e. The summed E-state index contributed by atoms with van der Waals surface area (Å²) in [4.78, 5) is 0. The Kier molecular flexibility index (Phi) is 1.05. The van der Waals surface area contributed by atoms with E-state index in [0.717, 1.165) is 0 Å². The summed E-state index contributed by atoms with van der Waals surface area (Å²) in [6.45, 7) is 0. The lowest BCUT2D eigenvalue weighted by molar-refractivity contribution is 0.338. The zero-order chi connectivity index (χ0) is 5.49. The topological polar surface area (TPSA) is 78.6 Å². The fourth-order valence-corrected chi connectivity index (χ4v) is 1.67. The second-order valence-corrected chi connectivity index (χ2v) is 3.42. The Balaban J connectivity index is 2.61. The van der Waals surface area contributed by atoms with Gasteiger partial charge in [-0.3, -0.25) is 5.50 Å². The lowest BCUT2D eigenvalue weighted by Gasteiger charge is -2.17. The minimum atomic E-state index is -3.63. The van der Waals surface area contributed by atoms with Gasteiger partial charge in [-0.2, -0.15) is 16.4 Å². The van der Waals surface area contributed by atoms with Gasteiger partial charge in [-0.15, -0.1) is 0 Å². The van der Waals surface area contributed by atoms with Gasteiger partial charge in [0, 0.05) is 0 Å². The number of rotatable bonds is 0. The molecule has 0 aromatic heterocycles. The van der Waals surface area contributed by atoms with Crippen LogP contribution in [0.15, 0.2) is 0 Å². The molecule has 0 aliphatic carbocycles. The molecule has 0 unspecified atom stereocenters. The van der Waals surface area contributed by atoms with Crippen molar-refractivity contribution in [3.05, 3.63) is 0 Å². The Morgan fingerprint density at radius 1 is 1.43 bits per heavy atom. The number of hydrogen-bond acceptors (Lipinski definition) is 5. The van der Waals surface area contributed by atoms with Crippen LogP contribution >= 0.6 is 8.53 Å². The van der Waals surface area contributed by atoms with Crippen molar-refractivity contribution in [2.24, 2.45) is 5.50 Å². The summed E-state index contributed by atoms with van der Waals surface area (Å²) in [5.74, 6) is 0. The van der Waals surface area contributed by atoms with Gasteiger partial charge in [0.1, 0.15) is 0 Å². The number of nitrogens with two attached hydrogens (primary N) is 1. The second-order valence-electron chi connectivity index (χ2n) is 0.843. The molecule has 0 aromatic carbocycles. The van der Waals surface area contributed by atoms with Crippen molar-refractivity contribution in [3.63, 3.8) is 0 Å². The summed E-state index contributed by atoms with van der Waals surface area (Å²) in [7, 11) is -5.22. The van der Waals surface area contributed by atoms with E-state index in [2.05, 4.69) is 7.94 Å². The van der Waals surface area contributed by atoms with Crippen LogP contribution in [-0.2, 0) is 18.3 Å². The van der Waals surface area contributed by atoms with E-state index in [1.807, 2.05) is 0 Å².